The summed E-state index contributed by atoms with van der Waals surface area (Å²) in [6.45, 7) is 0.251. The second-order valence-corrected chi connectivity index (χ2v) is 3.64. The van der Waals surface area contributed by atoms with E-state index in [1.807, 2.05) is 0 Å². The maximum Gasteiger partial charge on any atom is 0.234 e. The van der Waals surface area contributed by atoms with E-state index in [0.29, 0.717) is 23.7 Å². The highest BCUT2D eigenvalue weighted by Gasteiger charge is 2.13. The Morgan fingerprint density at radius 2 is 1.83 bits per heavy atom. The van der Waals surface area contributed by atoms with E-state index in [4.69, 9.17) is 25.7 Å². The molecule has 1 unspecified atom stereocenters. The third kappa shape index (κ3) is 3.53. The number of benzene rings is 1. The number of para-hydroxylation sites is 1. The third-order valence-electron chi connectivity index (χ3n) is 2.42. The van der Waals surface area contributed by atoms with Crippen molar-refractivity contribution in [3.63, 3.8) is 0 Å². The first-order chi connectivity index (χ1) is 8.60. The van der Waals surface area contributed by atoms with Crippen LogP contribution in [-0.4, -0.2) is 32.8 Å². The quantitative estimate of drug-likeness (QED) is 0.728. The Morgan fingerprint density at radius 3 is 2.28 bits per heavy atom. The minimum atomic E-state index is -0.717. The van der Waals surface area contributed by atoms with Crippen LogP contribution in [0.4, 0.5) is 0 Å². The van der Waals surface area contributed by atoms with E-state index in [9.17, 15) is 4.79 Å². The van der Waals surface area contributed by atoms with Gasteiger partial charge < -0.3 is 25.7 Å². The molecule has 0 aliphatic rings. The van der Waals surface area contributed by atoms with Gasteiger partial charge in [-0.2, -0.15) is 0 Å². The summed E-state index contributed by atoms with van der Waals surface area (Å²) >= 11 is 0. The van der Waals surface area contributed by atoms with Crippen molar-refractivity contribution < 1.29 is 19.0 Å². The first-order valence-electron chi connectivity index (χ1n) is 5.48. The number of carbonyl (C=O) groups excluding carboxylic acids is 1. The molecule has 0 aliphatic carbocycles. The van der Waals surface area contributed by atoms with Gasteiger partial charge in [0.2, 0.25) is 11.7 Å². The van der Waals surface area contributed by atoms with E-state index < -0.39 is 11.9 Å². The minimum Gasteiger partial charge on any atom is -0.493 e. The number of hydrogen-bond acceptors (Lipinski definition) is 5. The van der Waals surface area contributed by atoms with Crippen molar-refractivity contribution in [2.75, 3.05) is 20.8 Å². The predicted octanol–water partition coefficient (Wildman–Crippen LogP) is 0.285. The molecule has 0 heterocycles. The lowest BCUT2D eigenvalue weighted by atomic mass is 10.2. The lowest BCUT2D eigenvalue weighted by Crippen LogP contribution is -2.37. The molecule has 1 aromatic rings. The van der Waals surface area contributed by atoms with Crippen LogP contribution in [0, 0.1) is 0 Å². The van der Waals surface area contributed by atoms with Crippen LogP contribution in [0.5, 0.6) is 17.2 Å². The van der Waals surface area contributed by atoms with Gasteiger partial charge in [-0.15, -0.1) is 0 Å². The van der Waals surface area contributed by atoms with Gasteiger partial charge in [0.15, 0.2) is 11.5 Å². The van der Waals surface area contributed by atoms with E-state index >= 15 is 0 Å². The van der Waals surface area contributed by atoms with Crippen LogP contribution in [0.2, 0.25) is 0 Å². The van der Waals surface area contributed by atoms with E-state index in [2.05, 4.69) is 0 Å². The highest BCUT2D eigenvalue weighted by Crippen LogP contribution is 2.36. The maximum absolute atomic E-state index is 10.8. The van der Waals surface area contributed by atoms with Crippen molar-refractivity contribution in [2.45, 2.75) is 12.5 Å². The van der Waals surface area contributed by atoms with Crippen LogP contribution >= 0.6 is 0 Å². The molecule has 0 aromatic heterocycles. The SMILES string of the molecule is COc1cccc(OC)c1OCCC(N)C(N)=O. The number of hydrogen-bond donors (Lipinski definition) is 2. The Hall–Kier alpha value is -1.95. The minimum absolute atomic E-state index is 0.251. The summed E-state index contributed by atoms with van der Waals surface area (Å²) in [5, 5.41) is 0. The standard InChI is InChI=1S/C12H18N2O4/c1-16-9-4-3-5-10(17-2)11(9)18-7-6-8(13)12(14)15/h3-5,8H,6-7,13H2,1-2H3,(H2,14,15). The molecule has 1 aromatic carbocycles. The van der Waals surface area contributed by atoms with E-state index in [-0.39, 0.29) is 6.61 Å². The number of nitrogens with two attached hydrogens (primary N) is 2. The van der Waals surface area contributed by atoms with Gasteiger partial charge >= 0.3 is 0 Å². The fraction of sp³-hybridized carbons (Fsp3) is 0.417. The largest absolute Gasteiger partial charge is 0.493 e. The first kappa shape index (κ1) is 14.1. The molecule has 0 aliphatic heterocycles. The van der Waals surface area contributed by atoms with Crippen LogP contribution in [0.25, 0.3) is 0 Å². The van der Waals surface area contributed by atoms with Crippen molar-refractivity contribution in [1.82, 2.24) is 0 Å². The van der Waals surface area contributed by atoms with Gasteiger partial charge in [0.05, 0.1) is 26.9 Å². The average Bonchev–Trinajstić information content (AvgIpc) is 2.38. The first-order valence-corrected chi connectivity index (χ1v) is 5.48. The van der Waals surface area contributed by atoms with Gasteiger partial charge in [0.1, 0.15) is 0 Å². The summed E-state index contributed by atoms with van der Waals surface area (Å²) in [6, 6.07) is 4.59. The van der Waals surface area contributed by atoms with Crippen molar-refractivity contribution >= 4 is 5.91 Å². The van der Waals surface area contributed by atoms with Gasteiger partial charge in [-0.1, -0.05) is 6.07 Å². The Kier molecular flexibility index (Phi) is 5.26. The zero-order valence-electron chi connectivity index (χ0n) is 10.5. The highest BCUT2D eigenvalue weighted by molar-refractivity contribution is 5.79. The van der Waals surface area contributed by atoms with Crippen LogP contribution < -0.4 is 25.7 Å². The lowest BCUT2D eigenvalue weighted by Gasteiger charge is -2.15. The second-order valence-electron chi connectivity index (χ2n) is 3.64. The van der Waals surface area contributed by atoms with Gasteiger partial charge in [0, 0.05) is 6.42 Å². The number of primary amides is 1. The van der Waals surface area contributed by atoms with Gasteiger partial charge in [-0.05, 0) is 12.1 Å². The van der Waals surface area contributed by atoms with Crippen LogP contribution in [0.15, 0.2) is 18.2 Å². The summed E-state index contributed by atoms with van der Waals surface area (Å²) < 4.78 is 15.9. The van der Waals surface area contributed by atoms with Crippen LogP contribution in [-0.2, 0) is 4.79 Å². The molecular weight excluding hydrogens is 236 g/mol. The molecule has 6 heteroatoms. The van der Waals surface area contributed by atoms with Crippen LogP contribution in [0.3, 0.4) is 0 Å². The summed E-state index contributed by atoms with van der Waals surface area (Å²) in [6.07, 6.45) is 0.330. The molecule has 6 nitrogen and oxygen atoms in total. The fourth-order valence-corrected chi connectivity index (χ4v) is 1.39. The Morgan fingerprint density at radius 1 is 1.28 bits per heavy atom. The fourth-order valence-electron chi connectivity index (χ4n) is 1.39. The molecule has 0 radical (unpaired) electrons. The van der Waals surface area contributed by atoms with Crippen molar-refractivity contribution in [3.05, 3.63) is 18.2 Å². The number of carbonyl (C=O) groups is 1. The lowest BCUT2D eigenvalue weighted by molar-refractivity contribution is -0.119. The molecule has 1 atom stereocenters. The number of amides is 1. The molecule has 0 saturated carbocycles. The molecule has 18 heavy (non-hydrogen) atoms. The molecular formula is C12H18N2O4. The number of methoxy groups -OCH3 is 2. The average molecular weight is 254 g/mol. The monoisotopic (exact) mass is 254 g/mol. The summed E-state index contributed by atoms with van der Waals surface area (Å²) in [5.74, 6) is 1.05. The Bertz CT molecular complexity index is 387. The van der Waals surface area contributed by atoms with Gasteiger partial charge in [-0.25, -0.2) is 0 Å². The summed E-state index contributed by atoms with van der Waals surface area (Å²) in [5.41, 5.74) is 10.6. The highest BCUT2D eigenvalue weighted by atomic mass is 16.5. The normalized spacial score (nSPS) is 11.7. The zero-order chi connectivity index (χ0) is 13.5. The summed E-state index contributed by atoms with van der Waals surface area (Å²) in [7, 11) is 3.08. The van der Waals surface area contributed by atoms with Crippen molar-refractivity contribution in [2.24, 2.45) is 11.5 Å². The van der Waals surface area contributed by atoms with Crippen LogP contribution in [0.1, 0.15) is 6.42 Å². The number of ether oxygens (including phenoxy) is 3. The van der Waals surface area contributed by atoms with Crippen molar-refractivity contribution in [3.8, 4) is 17.2 Å². The molecule has 1 amide bonds. The third-order valence-corrected chi connectivity index (χ3v) is 2.42. The maximum atomic E-state index is 10.8. The Balaban J connectivity index is 2.68. The Labute approximate surface area is 106 Å². The molecule has 0 bridgehead atoms. The zero-order valence-corrected chi connectivity index (χ0v) is 10.5. The molecule has 0 spiro atoms. The molecule has 1 rings (SSSR count). The number of rotatable bonds is 7. The smallest absolute Gasteiger partial charge is 0.234 e. The summed E-state index contributed by atoms with van der Waals surface area (Å²) in [4.78, 5) is 10.8. The predicted molar refractivity (Wildman–Crippen MR) is 66.8 cm³/mol. The van der Waals surface area contributed by atoms with E-state index in [1.165, 1.54) is 14.2 Å². The second kappa shape index (κ2) is 6.70. The molecule has 100 valence electrons. The van der Waals surface area contributed by atoms with Gasteiger partial charge in [0.25, 0.3) is 0 Å². The van der Waals surface area contributed by atoms with Crippen molar-refractivity contribution in [1.29, 1.82) is 0 Å². The topological polar surface area (TPSA) is 96.8 Å². The molecule has 0 saturated heterocycles. The molecule has 4 N–H and O–H groups in total. The van der Waals surface area contributed by atoms with E-state index in [1.54, 1.807) is 18.2 Å². The van der Waals surface area contributed by atoms with E-state index in [0.717, 1.165) is 0 Å². The molecule has 0 fully saturated rings. The van der Waals surface area contributed by atoms with Gasteiger partial charge in [-0.3, -0.25) is 4.79 Å².